The van der Waals surface area contributed by atoms with Crippen molar-refractivity contribution in [3.8, 4) is 0 Å². The molecule has 2 aliphatic rings. The van der Waals surface area contributed by atoms with Gasteiger partial charge in [-0.05, 0) is 47.4 Å². The van der Waals surface area contributed by atoms with Gasteiger partial charge in [0.25, 0.3) is 5.92 Å². The molecule has 0 spiro atoms. The van der Waals surface area contributed by atoms with Gasteiger partial charge in [0.1, 0.15) is 0 Å². The summed E-state index contributed by atoms with van der Waals surface area (Å²) in [5.41, 5.74) is 4.52. The maximum Gasteiger partial charge on any atom is 0.255 e. The first-order chi connectivity index (χ1) is 7.92. The van der Waals surface area contributed by atoms with Crippen molar-refractivity contribution in [3.63, 3.8) is 0 Å². The van der Waals surface area contributed by atoms with Crippen LogP contribution in [0.15, 0.2) is 12.1 Å². The number of hydrogen-bond acceptors (Lipinski definition) is 0. The summed E-state index contributed by atoms with van der Waals surface area (Å²) in [6.45, 7) is 6.23. The van der Waals surface area contributed by atoms with Gasteiger partial charge in [-0.15, -0.1) is 0 Å². The predicted molar refractivity (Wildman–Crippen MR) is 64.8 cm³/mol. The van der Waals surface area contributed by atoms with Crippen LogP contribution in [0.5, 0.6) is 0 Å². The van der Waals surface area contributed by atoms with E-state index in [-0.39, 0.29) is 12.3 Å². The van der Waals surface area contributed by atoms with Gasteiger partial charge in [0, 0.05) is 6.42 Å². The molecule has 0 nitrogen and oxygen atoms in total. The molecule has 2 atom stereocenters. The summed E-state index contributed by atoms with van der Waals surface area (Å²) in [5, 5.41) is 0. The van der Waals surface area contributed by atoms with Crippen LogP contribution in [0, 0.1) is 12.8 Å². The lowest BCUT2D eigenvalue weighted by atomic mass is 9.69. The van der Waals surface area contributed by atoms with Gasteiger partial charge in [-0.1, -0.05) is 26.0 Å². The van der Waals surface area contributed by atoms with Crippen LogP contribution >= 0.6 is 0 Å². The average Bonchev–Trinajstić information content (AvgIpc) is 2.53. The largest absolute Gasteiger partial charge is 0.255 e. The quantitative estimate of drug-likeness (QED) is 0.677. The minimum atomic E-state index is -2.46. The second-order valence-corrected chi connectivity index (χ2v) is 5.93. The third-order valence-corrected chi connectivity index (χ3v) is 4.49. The highest BCUT2D eigenvalue weighted by atomic mass is 19.3. The van der Waals surface area contributed by atoms with Crippen molar-refractivity contribution in [1.29, 1.82) is 0 Å². The molecule has 0 amide bonds. The van der Waals surface area contributed by atoms with Crippen molar-refractivity contribution in [2.75, 3.05) is 0 Å². The van der Waals surface area contributed by atoms with Gasteiger partial charge < -0.3 is 0 Å². The molecule has 2 unspecified atom stereocenters. The van der Waals surface area contributed by atoms with E-state index in [4.69, 9.17) is 0 Å². The minimum Gasteiger partial charge on any atom is -0.206 e. The summed E-state index contributed by atoms with van der Waals surface area (Å²) in [6, 6.07) is 4.15. The smallest absolute Gasteiger partial charge is 0.206 e. The molecule has 0 bridgehead atoms. The summed E-state index contributed by atoms with van der Waals surface area (Å²) in [7, 11) is 0. The summed E-state index contributed by atoms with van der Waals surface area (Å²) in [5.74, 6) is -2.43. The lowest BCUT2D eigenvalue weighted by Crippen LogP contribution is -2.43. The number of halogens is 2. The maximum absolute atomic E-state index is 13.7. The van der Waals surface area contributed by atoms with E-state index in [0.717, 1.165) is 17.5 Å². The van der Waals surface area contributed by atoms with Gasteiger partial charge in [0.15, 0.2) is 0 Å². The predicted octanol–water partition coefficient (Wildman–Crippen LogP) is 4.41. The zero-order valence-electron chi connectivity index (χ0n) is 10.6. The molecule has 17 heavy (non-hydrogen) atoms. The molecule has 92 valence electrons. The number of benzene rings is 1. The van der Waals surface area contributed by atoms with Crippen molar-refractivity contribution in [2.45, 2.75) is 51.4 Å². The van der Waals surface area contributed by atoms with E-state index >= 15 is 0 Å². The van der Waals surface area contributed by atoms with E-state index in [0.29, 0.717) is 5.92 Å². The topological polar surface area (TPSA) is 0 Å². The highest BCUT2D eigenvalue weighted by Gasteiger charge is 2.60. The second-order valence-electron chi connectivity index (χ2n) is 5.93. The first-order valence-corrected chi connectivity index (χ1v) is 6.42. The minimum absolute atomic E-state index is 0.0866. The SMILES string of the molecule is Cc1ccc(C(C)C)c2c1CC1CC(F)(F)C21. The van der Waals surface area contributed by atoms with Crippen molar-refractivity contribution in [2.24, 2.45) is 5.92 Å². The van der Waals surface area contributed by atoms with E-state index < -0.39 is 11.8 Å². The molecule has 0 saturated heterocycles. The summed E-state index contributed by atoms with van der Waals surface area (Å²) >= 11 is 0. The molecule has 0 radical (unpaired) electrons. The second kappa shape index (κ2) is 3.30. The van der Waals surface area contributed by atoms with Crippen molar-refractivity contribution >= 4 is 0 Å². The van der Waals surface area contributed by atoms with Crippen molar-refractivity contribution < 1.29 is 8.78 Å². The van der Waals surface area contributed by atoms with Gasteiger partial charge in [-0.2, -0.15) is 0 Å². The highest BCUT2D eigenvalue weighted by Crippen LogP contribution is 2.61. The number of rotatable bonds is 1. The Balaban J connectivity index is 2.18. The summed E-state index contributed by atoms with van der Waals surface area (Å²) < 4.78 is 27.5. The van der Waals surface area contributed by atoms with E-state index in [1.165, 1.54) is 11.1 Å². The van der Waals surface area contributed by atoms with Crippen LogP contribution in [0.4, 0.5) is 8.78 Å². The van der Waals surface area contributed by atoms with Crippen LogP contribution in [0.2, 0.25) is 0 Å². The van der Waals surface area contributed by atoms with E-state index in [9.17, 15) is 8.78 Å². The first kappa shape index (κ1) is 11.2. The molecule has 1 aromatic rings. The van der Waals surface area contributed by atoms with Crippen LogP contribution < -0.4 is 0 Å². The molecule has 0 heterocycles. The first-order valence-electron chi connectivity index (χ1n) is 6.42. The molecule has 1 fully saturated rings. The van der Waals surface area contributed by atoms with E-state index in [1.807, 2.05) is 6.92 Å². The van der Waals surface area contributed by atoms with Gasteiger partial charge >= 0.3 is 0 Å². The van der Waals surface area contributed by atoms with Gasteiger partial charge in [0.2, 0.25) is 0 Å². The fraction of sp³-hybridized carbons (Fsp3) is 0.600. The zero-order valence-corrected chi connectivity index (χ0v) is 10.6. The molecule has 0 N–H and O–H groups in total. The zero-order chi connectivity index (χ0) is 12.4. The average molecular weight is 236 g/mol. The number of hydrogen-bond donors (Lipinski definition) is 0. The standard InChI is InChI=1S/C15H18F2/c1-8(2)11-5-4-9(3)12-6-10-7-15(16,17)14(10)13(11)12/h4-5,8,10,14H,6-7H2,1-3H3. The van der Waals surface area contributed by atoms with Crippen molar-refractivity contribution in [3.05, 3.63) is 34.4 Å². The van der Waals surface area contributed by atoms with Crippen molar-refractivity contribution in [1.82, 2.24) is 0 Å². The Hall–Kier alpha value is -0.920. The highest BCUT2D eigenvalue weighted by molar-refractivity contribution is 5.51. The van der Waals surface area contributed by atoms with Gasteiger partial charge in [-0.3, -0.25) is 0 Å². The van der Waals surface area contributed by atoms with Crippen LogP contribution in [0.3, 0.4) is 0 Å². The Labute approximate surface area is 101 Å². The lowest BCUT2D eigenvalue weighted by molar-refractivity contribution is -0.129. The Morgan fingerprint density at radius 2 is 2.00 bits per heavy atom. The summed E-state index contributed by atoms with van der Waals surface area (Å²) in [4.78, 5) is 0. The normalized spacial score (nSPS) is 28.8. The van der Waals surface area contributed by atoms with Crippen LogP contribution in [-0.2, 0) is 6.42 Å². The third-order valence-electron chi connectivity index (χ3n) is 4.49. The number of fused-ring (bicyclic) bond motifs is 3. The molecular weight excluding hydrogens is 218 g/mol. The third kappa shape index (κ3) is 1.39. The van der Waals surface area contributed by atoms with E-state index in [1.54, 1.807) is 0 Å². The summed E-state index contributed by atoms with van der Waals surface area (Å²) in [6.07, 6.45) is 0.950. The lowest BCUT2D eigenvalue weighted by Gasteiger charge is -2.41. The van der Waals surface area contributed by atoms with Crippen LogP contribution in [0.25, 0.3) is 0 Å². The van der Waals surface area contributed by atoms with Crippen LogP contribution in [0.1, 0.15) is 54.4 Å². The monoisotopic (exact) mass is 236 g/mol. The van der Waals surface area contributed by atoms with Crippen LogP contribution in [-0.4, -0.2) is 5.92 Å². The Morgan fingerprint density at radius 3 is 2.59 bits per heavy atom. The van der Waals surface area contributed by atoms with Gasteiger partial charge in [0.05, 0.1) is 5.92 Å². The Morgan fingerprint density at radius 1 is 1.29 bits per heavy atom. The molecule has 1 saturated carbocycles. The molecule has 1 aromatic carbocycles. The fourth-order valence-electron chi connectivity index (χ4n) is 3.61. The maximum atomic E-state index is 13.7. The van der Waals surface area contributed by atoms with E-state index in [2.05, 4.69) is 26.0 Å². The fourth-order valence-corrected chi connectivity index (χ4v) is 3.61. The molecule has 0 aromatic heterocycles. The Kier molecular flexibility index (Phi) is 2.17. The number of alkyl halides is 2. The Bertz CT molecular complexity index is 474. The molecule has 2 heteroatoms. The molecule has 0 aliphatic heterocycles. The number of aryl methyl sites for hydroxylation is 1. The molecule has 3 rings (SSSR count). The van der Waals surface area contributed by atoms with Gasteiger partial charge in [-0.25, -0.2) is 8.78 Å². The molecular formula is C15H18F2. The molecule has 2 aliphatic carbocycles.